The molecule has 1 aliphatic rings. The molecule has 0 saturated carbocycles. The molecule has 0 aromatic heterocycles. The maximum absolute atomic E-state index is 9.38. The Balaban J connectivity index is 2.08. The van der Waals surface area contributed by atoms with Crippen LogP contribution in [0.1, 0.15) is 5.56 Å². The van der Waals surface area contributed by atoms with Gasteiger partial charge in [0.1, 0.15) is 11.6 Å². The van der Waals surface area contributed by atoms with Crippen molar-refractivity contribution in [3.8, 4) is 5.75 Å². The minimum absolute atomic E-state index is 0.219. The molecule has 16 heavy (non-hydrogen) atoms. The first-order valence-electron chi connectivity index (χ1n) is 5.48. The monoisotopic (exact) mass is 219 g/mol. The number of amidine groups is 1. The Morgan fingerprint density at radius 2 is 1.94 bits per heavy atom. The predicted octanol–water partition coefficient (Wildman–Crippen LogP) is 0.965. The van der Waals surface area contributed by atoms with E-state index >= 15 is 0 Å². The van der Waals surface area contributed by atoms with Gasteiger partial charge in [-0.3, -0.25) is 5.41 Å². The summed E-state index contributed by atoms with van der Waals surface area (Å²) in [4.78, 5) is 4.31. The van der Waals surface area contributed by atoms with Crippen molar-refractivity contribution < 1.29 is 5.11 Å². The Hall–Kier alpha value is -1.55. The number of nitrogens with zero attached hydrogens (tertiary/aromatic N) is 2. The van der Waals surface area contributed by atoms with Gasteiger partial charge < -0.3 is 14.9 Å². The van der Waals surface area contributed by atoms with E-state index in [-0.39, 0.29) is 5.75 Å². The molecule has 2 rings (SSSR count). The summed E-state index contributed by atoms with van der Waals surface area (Å²) in [5.41, 5.74) is 0.782. The fourth-order valence-electron chi connectivity index (χ4n) is 1.87. The molecule has 1 saturated heterocycles. The molecule has 4 heteroatoms. The van der Waals surface area contributed by atoms with Gasteiger partial charge in [-0.25, -0.2) is 0 Å². The second-order valence-electron chi connectivity index (χ2n) is 4.19. The van der Waals surface area contributed by atoms with Crippen LogP contribution in [-0.4, -0.2) is 54.0 Å². The Morgan fingerprint density at radius 1 is 1.25 bits per heavy atom. The second kappa shape index (κ2) is 4.53. The van der Waals surface area contributed by atoms with Crippen LogP contribution in [0.25, 0.3) is 0 Å². The first-order chi connectivity index (χ1) is 7.66. The second-order valence-corrected chi connectivity index (χ2v) is 4.19. The SMILES string of the molecule is CN1CCN(C(=N)c2cccc(O)c2)CC1. The fraction of sp³-hybridized carbons (Fsp3) is 0.417. The molecule has 0 atom stereocenters. The number of likely N-dealkylation sites (N-methyl/N-ethyl adjacent to an activating group) is 1. The van der Waals surface area contributed by atoms with Crippen molar-refractivity contribution >= 4 is 5.84 Å². The van der Waals surface area contributed by atoms with Crippen molar-refractivity contribution in [2.24, 2.45) is 0 Å². The molecule has 0 radical (unpaired) electrons. The summed E-state index contributed by atoms with van der Waals surface area (Å²) in [6, 6.07) is 6.90. The molecule has 4 nitrogen and oxygen atoms in total. The van der Waals surface area contributed by atoms with Gasteiger partial charge in [0, 0.05) is 31.7 Å². The molecule has 1 fully saturated rings. The van der Waals surface area contributed by atoms with Crippen molar-refractivity contribution in [3.05, 3.63) is 29.8 Å². The molecule has 1 aromatic carbocycles. The number of aromatic hydroxyl groups is 1. The van der Waals surface area contributed by atoms with E-state index in [4.69, 9.17) is 5.41 Å². The Bertz CT molecular complexity index is 384. The zero-order chi connectivity index (χ0) is 11.5. The number of rotatable bonds is 1. The predicted molar refractivity (Wildman–Crippen MR) is 64.0 cm³/mol. The van der Waals surface area contributed by atoms with E-state index in [9.17, 15) is 5.11 Å². The van der Waals surface area contributed by atoms with Gasteiger partial charge >= 0.3 is 0 Å². The van der Waals surface area contributed by atoms with Gasteiger partial charge in [-0.2, -0.15) is 0 Å². The number of benzene rings is 1. The minimum Gasteiger partial charge on any atom is -0.508 e. The first-order valence-corrected chi connectivity index (χ1v) is 5.48. The van der Waals surface area contributed by atoms with Gasteiger partial charge in [0.2, 0.25) is 0 Å². The quantitative estimate of drug-likeness (QED) is 0.546. The molecule has 0 spiro atoms. The standard InChI is InChI=1S/C12H17N3O/c1-14-5-7-15(8-6-14)12(13)10-3-2-4-11(16)9-10/h2-4,9,13,16H,5-8H2,1H3. The Morgan fingerprint density at radius 3 is 2.56 bits per heavy atom. The molecule has 1 aliphatic heterocycles. The first kappa shape index (κ1) is 11.0. The van der Waals surface area contributed by atoms with Gasteiger partial charge in [-0.05, 0) is 19.2 Å². The molecule has 2 N–H and O–H groups in total. The van der Waals surface area contributed by atoms with Crippen LogP contribution in [0.4, 0.5) is 0 Å². The number of hydrogen-bond donors (Lipinski definition) is 2. The van der Waals surface area contributed by atoms with E-state index in [1.54, 1.807) is 18.2 Å². The summed E-state index contributed by atoms with van der Waals surface area (Å²) < 4.78 is 0. The van der Waals surface area contributed by atoms with Crippen molar-refractivity contribution in [1.82, 2.24) is 9.80 Å². The topological polar surface area (TPSA) is 50.6 Å². The number of phenols is 1. The van der Waals surface area contributed by atoms with Crippen LogP contribution in [0.2, 0.25) is 0 Å². The molecule has 1 aromatic rings. The molecular weight excluding hydrogens is 202 g/mol. The molecule has 0 aliphatic carbocycles. The highest BCUT2D eigenvalue weighted by molar-refractivity contribution is 5.96. The van der Waals surface area contributed by atoms with Crippen LogP contribution in [-0.2, 0) is 0 Å². The van der Waals surface area contributed by atoms with E-state index in [1.807, 2.05) is 6.07 Å². The van der Waals surface area contributed by atoms with Gasteiger partial charge in [0.15, 0.2) is 0 Å². The van der Waals surface area contributed by atoms with Crippen LogP contribution < -0.4 is 0 Å². The molecule has 86 valence electrons. The summed E-state index contributed by atoms with van der Waals surface area (Å²) in [6.07, 6.45) is 0. The van der Waals surface area contributed by atoms with Crippen molar-refractivity contribution in [3.63, 3.8) is 0 Å². The Labute approximate surface area is 95.6 Å². The molecule has 0 amide bonds. The van der Waals surface area contributed by atoms with E-state index < -0.39 is 0 Å². The summed E-state index contributed by atoms with van der Waals surface area (Å²) in [6.45, 7) is 3.73. The highest BCUT2D eigenvalue weighted by atomic mass is 16.3. The lowest BCUT2D eigenvalue weighted by molar-refractivity contribution is 0.215. The lowest BCUT2D eigenvalue weighted by atomic mass is 10.1. The zero-order valence-corrected chi connectivity index (χ0v) is 9.48. The summed E-state index contributed by atoms with van der Waals surface area (Å²) in [5.74, 6) is 0.723. The van der Waals surface area contributed by atoms with Gasteiger partial charge in [0.05, 0.1) is 0 Å². The highest BCUT2D eigenvalue weighted by Crippen LogP contribution is 2.13. The number of nitrogens with one attached hydrogen (secondary N) is 1. The third-order valence-corrected chi connectivity index (χ3v) is 2.94. The van der Waals surface area contributed by atoms with Crippen molar-refractivity contribution in [1.29, 1.82) is 5.41 Å². The lowest BCUT2D eigenvalue weighted by Gasteiger charge is -2.34. The average Bonchev–Trinajstić information content (AvgIpc) is 2.29. The van der Waals surface area contributed by atoms with E-state index in [0.717, 1.165) is 31.7 Å². The largest absolute Gasteiger partial charge is 0.508 e. The van der Waals surface area contributed by atoms with E-state index in [2.05, 4.69) is 16.8 Å². The molecular formula is C12H17N3O. The van der Waals surface area contributed by atoms with Crippen LogP contribution >= 0.6 is 0 Å². The maximum Gasteiger partial charge on any atom is 0.128 e. The van der Waals surface area contributed by atoms with E-state index in [1.165, 1.54) is 0 Å². The summed E-state index contributed by atoms with van der Waals surface area (Å²) in [7, 11) is 2.09. The highest BCUT2D eigenvalue weighted by Gasteiger charge is 2.17. The lowest BCUT2D eigenvalue weighted by Crippen LogP contribution is -2.47. The molecule has 1 heterocycles. The smallest absolute Gasteiger partial charge is 0.128 e. The van der Waals surface area contributed by atoms with E-state index in [0.29, 0.717) is 5.84 Å². The summed E-state index contributed by atoms with van der Waals surface area (Å²) in [5, 5.41) is 17.5. The third kappa shape index (κ3) is 2.33. The molecule has 0 unspecified atom stereocenters. The van der Waals surface area contributed by atoms with Gasteiger partial charge in [0.25, 0.3) is 0 Å². The van der Waals surface area contributed by atoms with Gasteiger partial charge in [-0.1, -0.05) is 12.1 Å². The summed E-state index contributed by atoms with van der Waals surface area (Å²) >= 11 is 0. The molecule has 0 bridgehead atoms. The zero-order valence-electron chi connectivity index (χ0n) is 9.48. The number of phenolic OH excluding ortho intramolecular Hbond substituents is 1. The fourth-order valence-corrected chi connectivity index (χ4v) is 1.87. The van der Waals surface area contributed by atoms with Crippen LogP contribution in [0.3, 0.4) is 0 Å². The van der Waals surface area contributed by atoms with Crippen molar-refractivity contribution in [2.45, 2.75) is 0 Å². The van der Waals surface area contributed by atoms with Gasteiger partial charge in [-0.15, -0.1) is 0 Å². The maximum atomic E-state index is 9.38. The van der Waals surface area contributed by atoms with Crippen molar-refractivity contribution in [2.75, 3.05) is 33.2 Å². The van der Waals surface area contributed by atoms with Crippen LogP contribution in [0, 0.1) is 5.41 Å². The Kier molecular flexibility index (Phi) is 3.10. The number of piperazine rings is 1. The van der Waals surface area contributed by atoms with Crippen LogP contribution in [0.15, 0.2) is 24.3 Å². The minimum atomic E-state index is 0.219. The normalized spacial score (nSPS) is 17.4. The number of hydrogen-bond acceptors (Lipinski definition) is 3. The van der Waals surface area contributed by atoms with Crippen LogP contribution in [0.5, 0.6) is 5.75 Å². The third-order valence-electron chi connectivity index (χ3n) is 2.94. The average molecular weight is 219 g/mol.